The Labute approximate surface area is 223 Å². The predicted octanol–water partition coefficient (Wildman–Crippen LogP) is 5.17. The summed E-state index contributed by atoms with van der Waals surface area (Å²) < 4.78 is 25.2. The first-order valence-corrected chi connectivity index (χ1v) is 13.6. The summed E-state index contributed by atoms with van der Waals surface area (Å²) in [5, 5.41) is 2.14. The number of carbonyl (C=O) groups excluding carboxylic acids is 2. The van der Waals surface area contributed by atoms with Crippen molar-refractivity contribution in [3.8, 4) is 0 Å². The number of nitrogens with zero attached hydrogens (tertiary/aromatic N) is 2. The van der Waals surface area contributed by atoms with Crippen LogP contribution in [0.15, 0.2) is 54.6 Å². The number of likely N-dealkylation sites (tertiary alicyclic amines) is 1. The number of amides is 1. The zero-order valence-corrected chi connectivity index (χ0v) is 22.9. The number of rotatable bonds is 8. The van der Waals surface area contributed by atoms with Crippen LogP contribution in [-0.2, 0) is 21.4 Å². The third-order valence-electron chi connectivity index (χ3n) is 6.06. The van der Waals surface area contributed by atoms with Gasteiger partial charge in [-0.1, -0.05) is 53.8 Å². The second-order valence-electron chi connectivity index (χ2n) is 9.06. The molecule has 1 N–H and O–H groups in total. The molecule has 1 aliphatic rings. The zero-order chi connectivity index (χ0) is 26.4. The maximum atomic E-state index is 14.4. The van der Waals surface area contributed by atoms with Gasteiger partial charge < -0.3 is 19.7 Å². The molecule has 0 aliphatic carbocycles. The molecule has 0 saturated carbocycles. The van der Waals surface area contributed by atoms with Gasteiger partial charge in [0.15, 0.2) is 13.0 Å². The summed E-state index contributed by atoms with van der Waals surface area (Å²) >= 11 is 1.20. The smallest absolute Gasteiger partial charge is 0.410 e. The topological polar surface area (TPSA) is 80.8 Å². The van der Waals surface area contributed by atoms with Crippen LogP contribution in [0.3, 0.4) is 0 Å². The molecular weight excluding hydrogens is 511 g/mol. The first-order valence-electron chi connectivity index (χ1n) is 12.2. The molecule has 11 heteroatoms. The molecule has 1 fully saturated rings. The van der Waals surface area contributed by atoms with Crippen LogP contribution in [0.4, 0.5) is 20.0 Å². The van der Waals surface area contributed by atoms with E-state index in [-0.39, 0.29) is 25.2 Å². The molecule has 1 aromatic heterocycles. The summed E-state index contributed by atoms with van der Waals surface area (Å²) in [5.41, 5.74) is 2.68. The number of esters is 1. The largest absolute Gasteiger partial charge is 0.462 e. The number of alkyl halides is 1. The van der Waals surface area contributed by atoms with E-state index in [1.165, 1.54) is 19.2 Å². The van der Waals surface area contributed by atoms with E-state index in [0.717, 1.165) is 18.4 Å². The van der Waals surface area contributed by atoms with Gasteiger partial charge in [-0.25, -0.2) is 19.0 Å². The molecule has 2 aromatic carbocycles. The van der Waals surface area contributed by atoms with Crippen molar-refractivity contribution in [2.75, 3.05) is 25.0 Å². The van der Waals surface area contributed by atoms with Crippen LogP contribution in [-0.4, -0.2) is 49.5 Å². The second-order valence-corrected chi connectivity index (χ2v) is 11.1. The van der Waals surface area contributed by atoms with Crippen molar-refractivity contribution in [1.82, 2.24) is 9.88 Å². The maximum Gasteiger partial charge on any atom is 0.410 e. The minimum atomic E-state index is -1.57. The van der Waals surface area contributed by atoms with Gasteiger partial charge in [0.1, 0.15) is 16.8 Å². The molecule has 0 spiro atoms. The molecule has 3 unspecified atom stereocenters. The summed E-state index contributed by atoms with van der Waals surface area (Å²) in [6.07, 6.45) is 1.16. The number of hydrogen-bond donors (Lipinski definition) is 1. The quantitative estimate of drug-likeness (QED) is 0.241. The van der Waals surface area contributed by atoms with E-state index in [2.05, 4.69) is 14.6 Å². The molecule has 7 nitrogen and oxygen atoms in total. The fourth-order valence-corrected chi connectivity index (χ4v) is 5.35. The van der Waals surface area contributed by atoms with E-state index in [9.17, 15) is 14.0 Å². The molecule has 0 bridgehead atoms. The Hall–Kier alpha value is -2.97. The summed E-state index contributed by atoms with van der Waals surface area (Å²) in [5.74, 6) is -0.585. The normalized spacial score (nSPS) is 17.1. The Morgan fingerprint density at radius 1 is 1.24 bits per heavy atom. The number of anilines is 2. The second kappa shape index (κ2) is 12.1. The molecule has 2 heterocycles. The number of aromatic nitrogens is 1. The van der Waals surface area contributed by atoms with Gasteiger partial charge >= 0.3 is 12.1 Å². The Morgan fingerprint density at radius 3 is 2.76 bits per heavy atom. The lowest BCUT2D eigenvalue weighted by Crippen LogP contribution is -2.39. The summed E-state index contributed by atoms with van der Waals surface area (Å²) in [7, 11) is 3.66. The summed E-state index contributed by atoms with van der Waals surface area (Å²) in [4.78, 5) is 32.4. The minimum Gasteiger partial charge on any atom is -0.462 e. The third kappa shape index (κ3) is 7.08. The molecule has 1 amide bonds. The lowest BCUT2D eigenvalue weighted by Gasteiger charge is -2.31. The fraction of sp³-hybridized carbons (Fsp3) is 0.346. The number of nitrogens with one attached hydrogen (secondary N) is 1. The number of hydrogen-bond acceptors (Lipinski definition) is 7. The van der Waals surface area contributed by atoms with Crippen molar-refractivity contribution < 1.29 is 23.5 Å². The Bertz CT molecular complexity index is 1240. The van der Waals surface area contributed by atoms with Crippen molar-refractivity contribution >= 4 is 51.3 Å². The zero-order valence-electron chi connectivity index (χ0n) is 20.9. The lowest BCUT2D eigenvalue weighted by molar-refractivity contribution is 0.0529. The molecule has 4 rings (SSSR count). The molecule has 37 heavy (non-hydrogen) atoms. The average Bonchev–Trinajstić information content (AvgIpc) is 3.32. The van der Waals surface area contributed by atoms with Gasteiger partial charge in [-0.05, 0) is 43.0 Å². The van der Waals surface area contributed by atoms with Crippen LogP contribution in [0.25, 0.3) is 0 Å². The molecule has 3 aromatic rings. The van der Waals surface area contributed by atoms with Crippen molar-refractivity contribution in [2.24, 2.45) is 0 Å². The highest BCUT2D eigenvalue weighted by Gasteiger charge is 2.32. The minimum absolute atomic E-state index is 0.142. The van der Waals surface area contributed by atoms with Crippen LogP contribution in [0, 0.1) is 0 Å². The van der Waals surface area contributed by atoms with E-state index in [1.54, 1.807) is 30.0 Å². The van der Waals surface area contributed by atoms with Crippen LogP contribution >= 0.6 is 20.6 Å². The summed E-state index contributed by atoms with van der Waals surface area (Å²) in [6, 6.07) is 16.5. The van der Waals surface area contributed by atoms with Gasteiger partial charge in [0.05, 0.1) is 12.3 Å². The van der Waals surface area contributed by atoms with Crippen molar-refractivity contribution in [1.29, 1.82) is 0 Å². The molecular formula is C26H30BFN3O4PS. The van der Waals surface area contributed by atoms with Gasteiger partial charge in [-0.15, -0.1) is 9.24 Å². The van der Waals surface area contributed by atoms with Gasteiger partial charge in [-0.3, -0.25) is 0 Å². The molecule has 0 radical (unpaired) electrons. The van der Waals surface area contributed by atoms with Crippen LogP contribution in [0.1, 0.15) is 52.2 Å². The highest BCUT2D eigenvalue weighted by molar-refractivity contribution is 7.21. The van der Waals surface area contributed by atoms with Crippen molar-refractivity contribution in [2.45, 2.75) is 37.6 Å². The molecule has 1 saturated heterocycles. The first kappa shape index (κ1) is 27.1. The number of halogens is 1. The van der Waals surface area contributed by atoms with Crippen LogP contribution in [0.5, 0.6) is 0 Å². The number of ether oxygens (including phenoxy) is 2. The molecule has 194 valence electrons. The van der Waals surface area contributed by atoms with E-state index in [1.807, 2.05) is 36.4 Å². The van der Waals surface area contributed by atoms with Gasteiger partial charge in [-0.2, -0.15) is 0 Å². The molecule has 1 aliphatic heterocycles. The number of piperidine rings is 1. The predicted molar refractivity (Wildman–Crippen MR) is 149 cm³/mol. The third-order valence-corrected chi connectivity index (χ3v) is 7.36. The summed E-state index contributed by atoms with van der Waals surface area (Å²) in [6.45, 7) is 3.18. The average molecular weight is 541 g/mol. The van der Waals surface area contributed by atoms with Crippen molar-refractivity contribution in [3.05, 3.63) is 76.3 Å². The van der Waals surface area contributed by atoms with Gasteiger partial charge in [0, 0.05) is 24.7 Å². The highest BCUT2D eigenvalue weighted by atomic mass is 32.1. The first-order chi connectivity index (χ1) is 17.7. The van der Waals surface area contributed by atoms with Gasteiger partial charge in [0.25, 0.3) is 0 Å². The Kier molecular flexibility index (Phi) is 8.82. The van der Waals surface area contributed by atoms with Crippen LogP contribution < -0.4 is 5.32 Å². The molecule has 3 atom stereocenters. The number of thiazole rings is 1. The SMILES string of the molecule is BC(F)(P)c1cccc(Nc2nc(C3CCCN(C(=O)OCc4ccccc4)C3)c(C(=O)OCC)s2)c1. The van der Waals surface area contributed by atoms with E-state index >= 15 is 0 Å². The maximum absolute atomic E-state index is 14.4. The number of benzene rings is 2. The fourth-order valence-electron chi connectivity index (χ4n) is 4.21. The Morgan fingerprint density at radius 2 is 2.03 bits per heavy atom. The highest BCUT2D eigenvalue weighted by Crippen LogP contribution is 2.37. The van der Waals surface area contributed by atoms with E-state index in [0.29, 0.717) is 40.0 Å². The van der Waals surface area contributed by atoms with Crippen LogP contribution in [0.2, 0.25) is 0 Å². The van der Waals surface area contributed by atoms with E-state index < -0.39 is 11.3 Å². The monoisotopic (exact) mass is 541 g/mol. The van der Waals surface area contributed by atoms with Crippen molar-refractivity contribution in [3.63, 3.8) is 0 Å². The standard InChI is InChI=1S/C26H30BFN3O4PS/c1-2-34-23(32)22-21(30-24(37-22)29-20-12-6-11-19(14-20)26(27,28)36)18-10-7-13-31(15-18)25(33)35-16-17-8-4-3-5-9-17/h3-6,8-9,11-12,14,18H,2,7,10,13,15-16,27,36H2,1H3,(H,29,30). The Balaban J connectivity index is 1.51. The van der Waals surface area contributed by atoms with E-state index in [4.69, 9.17) is 14.5 Å². The lowest BCUT2D eigenvalue weighted by atomic mass is 9.92. The number of carbonyl (C=O) groups is 2. The van der Waals surface area contributed by atoms with Gasteiger partial charge in [0.2, 0.25) is 0 Å².